The Labute approximate surface area is 179 Å². The number of anilines is 1. The molecule has 152 valence electrons. The number of rotatable bonds is 7. The van der Waals surface area contributed by atoms with Crippen molar-refractivity contribution >= 4 is 32.6 Å². The van der Waals surface area contributed by atoms with E-state index in [4.69, 9.17) is 14.5 Å². The van der Waals surface area contributed by atoms with Gasteiger partial charge < -0.3 is 9.47 Å². The topological polar surface area (TPSA) is 51.7 Å². The van der Waals surface area contributed by atoms with Gasteiger partial charge in [0, 0.05) is 6.07 Å². The summed E-state index contributed by atoms with van der Waals surface area (Å²) in [5, 5.41) is 0.639. The molecule has 0 saturated heterocycles. The fourth-order valence-electron chi connectivity index (χ4n) is 3.09. The van der Waals surface area contributed by atoms with Crippen LogP contribution >= 0.6 is 11.3 Å². The first-order chi connectivity index (χ1) is 14.6. The highest BCUT2D eigenvalue weighted by atomic mass is 32.1. The molecule has 0 spiro atoms. The molecule has 0 radical (unpaired) electrons. The summed E-state index contributed by atoms with van der Waals surface area (Å²) >= 11 is 1.48. The SMILES string of the molecule is COc1ccc2sc(N(Cc3ccccc3)C(=O)COc3cccc(C)c3)nc2c1. The van der Waals surface area contributed by atoms with E-state index in [0.717, 1.165) is 27.1 Å². The molecule has 0 fully saturated rings. The summed E-state index contributed by atoms with van der Waals surface area (Å²) in [6.45, 7) is 2.36. The van der Waals surface area contributed by atoms with Gasteiger partial charge in [-0.2, -0.15) is 0 Å². The lowest BCUT2D eigenvalue weighted by molar-refractivity contribution is -0.120. The van der Waals surface area contributed by atoms with Crippen LogP contribution in [0.1, 0.15) is 11.1 Å². The Morgan fingerprint density at radius 3 is 2.60 bits per heavy atom. The predicted octanol–water partition coefficient (Wildman–Crippen LogP) is 5.23. The molecule has 0 saturated carbocycles. The maximum Gasteiger partial charge on any atom is 0.267 e. The van der Waals surface area contributed by atoms with Crippen LogP contribution < -0.4 is 14.4 Å². The zero-order valence-corrected chi connectivity index (χ0v) is 17.7. The van der Waals surface area contributed by atoms with E-state index in [2.05, 4.69) is 0 Å². The van der Waals surface area contributed by atoms with Crippen LogP contribution in [0.5, 0.6) is 11.5 Å². The lowest BCUT2D eigenvalue weighted by Crippen LogP contribution is -2.34. The average molecular weight is 419 g/mol. The minimum Gasteiger partial charge on any atom is -0.497 e. The summed E-state index contributed by atoms with van der Waals surface area (Å²) in [5.41, 5.74) is 2.92. The maximum atomic E-state index is 13.1. The van der Waals surface area contributed by atoms with E-state index in [1.165, 1.54) is 11.3 Å². The van der Waals surface area contributed by atoms with Gasteiger partial charge in [0.05, 0.1) is 23.9 Å². The summed E-state index contributed by atoms with van der Waals surface area (Å²) in [5.74, 6) is 1.27. The van der Waals surface area contributed by atoms with Gasteiger partial charge in [0.1, 0.15) is 11.5 Å². The van der Waals surface area contributed by atoms with Crippen molar-refractivity contribution in [1.82, 2.24) is 4.98 Å². The van der Waals surface area contributed by atoms with E-state index >= 15 is 0 Å². The van der Waals surface area contributed by atoms with E-state index in [9.17, 15) is 4.79 Å². The van der Waals surface area contributed by atoms with Gasteiger partial charge in [-0.05, 0) is 42.3 Å². The van der Waals surface area contributed by atoms with Crippen LogP contribution in [-0.2, 0) is 11.3 Å². The van der Waals surface area contributed by atoms with Crippen molar-refractivity contribution in [3.8, 4) is 11.5 Å². The Morgan fingerprint density at radius 2 is 1.83 bits per heavy atom. The highest BCUT2D eigenvalue weighted by Gasteiger charge is 2.21. The molecule has 0 aliphatic heterocycles. The Kier molecular flexibility index (Phi) is 5.95. The van der Waals surface area contributed by atoms with Gasteiger partial charge in [-0.3, -0.25) is 9.69 Å². The van der Waals surface area contributed by atoms with Crippen LogP contribution in [0.2, 0.25) is 0 Å². The summed E-state index contributed by atoms with van der Waals surface area (Å²) in [4.78, 5) is 19.5. The lowest BCUT2D eigenvalue weighted by atomic mass is 10.2. The van der Waals surface area contributed by atoms with Gasteiger partial charge in [-0.25, -0.2) is 4.98 Å². The van der Waals surface area contributed by atoms with Crippen molar-refractivity contribution in [2.24, 2.45) is 0 Å². The summed E-state index contributed by atoms with van der Waals surface area (Å²) in [6.07, 6.45) is 0. The maximum absolute atomic E-state index is 13.1. The number of carbonyl (C=O) groups excluding carboxylic acids is 1. The van der Waals surface area contributed by atoms with E-state index in [1.54, 1.807) is 12.0 Å². The van der Waals surface area contributed by atoms with E-state index in [-0.39, 0.29) is 12.5 Å². The minimum absolute atomic E-state index is 0.0600. The quantitative estimate of drug-likeness (QED) is 0.413. The number of aryl methyl sites for hydroxylation is 1. The molecule has 0 atom stereocenters. The Bertz CT molecular complexity index is 1160. The molecule has 5 nitrogen and oxygen atoms in total. The van der Waals surface area contributed by atoms with Gasteiger partial charge >= 0.3 is 0 Å². The largest absolute Gasteiger partial charge is 0.497 e. The molecule has 4 aromatic rings. The number of ether oxygens (including phenoxy) is 2. The van der Waals surface area contributed by atoms with Gasteiger partial charge in [0.25, 0.3) is 5.91 Å². The number of methoxy groups -OCH3 is 1. The summed E-state index contributed by atoms with van der Waals surface area (Å²) in [7, 11) is 1.63. The molecule has 4 rings (SSSR count). The van der Waals surface area contributed by atoms with Crippen LogP contribution in [0, 0.1) is 6.92 Å². The molecular weight excluding hydrogens is 396 g/mol. The molecule has 1 aromatic heterocycles. The molecule has 30 heavy (non-hydrogen) atoms. The monoisotopic (exact) mass is 418 g/mol. The first-order valence-corrected chi connectivity index (χ1v) is 10.4. The Balaban J connectivity index is 1.61. The number of aromatic nitrogens is 1. The van der Waals surface area contributed by atoms with Crippen LogP contribution in [0.15, 0.2) is 72.8 Å². The Hall–Kier alpha value is -3.38. The van der Waals surface area contributed by atoms with E-state index in [0.29, 0.717) is 17.4 Å². The lowest BCUT2D eigenvalue weighted by Gasteiger charge is -2.20. The number of amides is 1. The fourth-order valence-corrected chi connectivity index (χ4v) is 4.06. The summed E-state index contributed by atoms with van der Waals surface area (Å²) in [6, 6.07) is 23.3. The molecule has 0 aliphatic carbocycles. The van der Waals surface area contributed by atoms with Gasteiger partial charge in [0.2, 0.25) is 0 Å². The zero-order valence-electron chi connectivity index (χ0n) is 16.9. The number of benzene rings is 3. The standard InChI is InChI=1S/C24H22N2O3S/c1-17-7-6-10-20(13-17)29-16-23(27)26(15-18-8-4-3-5-9-18)24-25-21-14-19(28-2)11-12-22(21)30-24/h3-14H,15-16H2,1-2H3. The second-order valence-corrected chi connectivity index (χ2v) is 7.91. The molecule has 1 heterocycles. The fraction of sp³-hybridized carbons (Fsp3) is 0.167. The second kappa shape index (κ2) is 8.97. The third-order valence-electron chi connectivity index (χ3n) is 4.65. The first kappa shape index (κ1) is 19.9. The van der Waals surface area contributed by atoms with Crippen LogP contribution in [0.4, 0.5) is 5.13 Å². The van der Waals surface area contributed by atoms with Crippen molar-refractivity contribution in [2.45, 2.75) is 13.5 Å². The van der Waals surface area contributed by atoms with Crippen molar-refractivity contribution in [1.29, 1.82) is 0 Å². The van der Waals surface area contributed by atoms with E-state index < -0.39 is 0 Å². The van der Waals surface area contributed by atoms with Crippen molar-refractivity contribution in [2.75, 3.05) is 18.6 Å². The molecular formula is C24H22N2O3S. The first-order valence-electron chi connectivity index (χ1n) is 9.61. The highest BCUT2D eigenvalue weighted by Crippen LogP contribution is 2.32. The molecule has 6 heteroatoms. The van der Waals surface area contributed by atoms with Crippen molar-refractivity contribution in [3.05, 3.63) is 83.9 Å². The molecule has 0 bridgehead atoms. The van der Waals surface area contributed by atoms with Crippen molar-refractivity contribution in [3.63, 3.8) is 0 Å². The molecule has 0 unspecified atom stereocenters. The smallest absolute Gasteiger partial charge is 0.267 e. The Morgan fingerprint density at radius 1 is 1.00 bits per heavy atom. The third kappa shape index (κ3) is 4.60. The molecule has 0 aliphatic rings. The zero-order chi connectivity index (χ0) is 20.9. The van der Waals surface area contributed by atoms with Gasteiger partial charge in [-0.15, -0.1) is 0 Å². The average Bonchev–Trinajstić information content (AvgIpc) is 3.19. The number of fused-ring (bicyclic) bond motifs is 1. The molecule has 3 aromatic carbocycles. The van der Waals surface area contributed by atoms with Crippen molar-refractivity contribution < 1.29 is 14.3 Å². The van der Waals surface area contributed by atoms with Gasteiger partial charge in [-0.1, -0.05) is 53.8 Å². The second-order valence-electron chi connectivity index (χ2n) is 6.90. The normalized spacial score (nSPS) is 10.7. The third-order valence-corrected chi connectivity index (χ3v) is 5.71. The number of nitrogens with zero attached hydrogens (tertiary/aromatic N) is 2. The molecule has 0 N–H and O–H groups in total. The van der Waals surface area contributed by atoms with E-state index in [1.807, 2.05) is 79.7 Å². The van der Waals surface area contributed by atoms with Crippen LogP contribution in [0.3, 0.4) is 0 Å². The van der Waals surface area contributed by atoms with Gasteiger partial charge in [0.15, 0.2) is 11.7 Å². The molecule has 1 amide bonds. The number of hydrogen-bond acceptors (Lipinski definition) is 5. The minimum atomic E-state index is -0.147. The number of thiazole rings is 1. The highest BCUT2D eigenvalue weighted by molar-refractivity contribution is 7.22. The summed E-state index contributed by atoms with van der Waals surface area (Å²) < 4.78 is 12.1. The van der Waals surface area contributed by atoms with Crippen LogP contribution in [-0.4, -0.2) is 24.6 Å². The predicted molar refractivity (Wildman–Crippen MR) is 120 cm³/mol. The number of carbonyl (C=O) groups is 1. The number of hydrogen-bond donors (Lipinski definition) is 0. The van der Waals surface area contributed by atoms with Crippen LogP contribution in [0.25, 0.3) is 10.2 Å².